The largest absolute Gasteiger partial charge is 0.487 e. The van der Waals surface area contributed by atoms with Gasteiger partial charge >= 0.3 is 12.2 Å². The van der Waals surface area contributed by atoms with Crippen molar-refractivity contribution in [3.05, 3.63) is 82.8 Å². The van der Waals surface area contributed by atoms with Gasteiger partial charge in [0.1, 0.15) is 30.9 Å². The molecule has 2 aliphatic rings. The maximum atomic E-state index is 14.1. The molecule has 0 aliphatic carbocycles. The third-order valence-corrected chi connectivity index (χ3v) is 12.9. The van der Waals surface area contributed by atoms with E-state index in [0.29, 0.717) is 60.6 Å². The number of thiophene rings is 1. The molecule has 2 fully saturated rings. The Morgan fingerprint density at radius 1 is 0.738 bits per heavy atom. The topological polar surface area (TPSA) is 194 Å². The second kappa shape index (κ2) is 22.3. The number of hydrogen-bond donors (Lipinski definition) is 4. The van der Waals surface area contributed by atoms with Crippen molar-refractivity contribution in [3.63, 3.8) is 0 Å². The molecule has 0 unspecified atom stereocenters. The molecule has 3 aromatic heterocycles. The van der Waals surface area contributed by atoms with Crippen molar-refractivity contribution in [2.45, 2.75) is 63.7 Å². The minimum Gasteiger partial charge on any atom is -0.487 e. The average molecular weight is 913 g/mol. The number of amides is 3. The molecule has 7 rings (SSSR count). The highest BCUT2D eigenvalue weighted by molar-refractivity contribution is 7.10. The molecule has 3 amide bonds. The van der Waals surface area contributed by atoms with E-state index in [1.165, 1.54) is 25.6 Å². The van der Waals surface area contributed by atoms with Gasteiger partial charge in [0.15, 0.2) is 11.5 Å². The zero-order valence-corrected chi connectivity index (χ0v) is 38.7. The lowest BCUT2D eigenvalue weighted by atomic mass is 9.98. The van der Waals surface area contributed by atoms with E-state index < -0.39 is 18.2 Å². The number of carbonyl (C=O) groups is 3. The summed E-state index contributed by atoms with van der Waals surface area (Å²) in [6.45, 7) is 7.57. The van der Waals surface area contributed by atoms with Crippen LogP contribution in [0.5, 0.6) is 11.5 Å². The lowest BCUT2D eigenvalue weighted by Gasteiger charge is -2.30. The fraction of sp³-hybridized carbons (Fsp3) is 0.468. The van der Waals surface area contributed by atoms with Gasteiger partial charge in [-0.1, -0.05) is 44.2 Å². The maximum Gasteiger partial charge on any atom is 0.407 e. The van der Waals surface area contributed by atoms with Crippen LogP contribution in [0.1, 0.15) is 74.2 Å². The van der Waals surface area contributed by atoms with Crippen LogP contribution in [0.3, 0.4) is 0 Å². The number of alkyl carbamates (subject to hydrolysis) is 2. The van der Waals surface area contributed by atoms with Crippen molar-refractivity contribution >= 4 is 29.4 Å². The van der Waals surface area contributed by atoms with Crippen LogP contribution >= 0.6 is 11.3 Å². The van der Waals surface area contributed by atoms with Gasteiger partial charge in [0.2, 0.25) is 0 Å². The third kappa shape index (κ3) is 11.1. The van der Waals surface area contributed by atoms with Gasteiger partial charge in [-0.15, -0.1) is 11.3 Å². The van der Waals surface area contributed by atoms with Crippen LogP contribution in [0.15, 0.2) is 66.3 Å². The monoisotopic (exact) mass is 912 g/mol. The normalized spacial score (nSPS) is 17.2. The van der Waals surface area contributed by atoms with Gasteiger partial charge in [0.05, 0.1) is 63.3 Å². The number of likely N-dealkylation sites (tertiary alicyclic amines) is 2. The van der Waals surface area contributed by atoms with Crippen LogP contribution in [0.2, 0.25) is 0 Å². The predicted molar refractivity (Wildman–Crippen MR) is 246 cm³/mol. The summed E-state index contributed by atoms with van der Waals surface area (Å²) in [5.74, 6) is 2.57. The molecule has 0 spiro atoms. The number of H-pyrrole nitrogens is 2. The van der Waals surface area contributed by atoms with E-state index in [0.717, 1.165) is 59.6 Å². The van der Waals surface area contributed by atoms with E-state index in [-0.39, 0.29) is 43.2 Å². The molecule has 348 valence electrons. The number of methoxy groups -OCH3 is 4. The standard InChI is InChI=1S/C47H60N8O9S/c1-29(2)36(52-46(57)61-5)28-54-19-7-10-37(54)43-48-26-34(50-43)31-15-13-30(14-16-31)32-17-18-33(42(64-24-22-60-4)41(32)63-23-21-59-3)35-27-49-44(51-35)38-11-8-20-55(38)45(56)40(53-47(58)62-6)39-12-9-25-65-39/h9,12-18,25-27,29,36-38,40H,7-8,10-11,19-24,28H2,1-6H3,(H,48,50)(H,49,51)(H,52,57)(H,53,58)/t36-,37+,38+,40-/m1/s1. The SMILES string of the molecule is COCCOc1c(-c2ccc(-c3cnc([C@@H]4CCCN4C[C@@H](NC(=O)OC)C(C)C)[nH]3)cc2)ccc(-c2cnc([C@@H]3CCCN3C(=O)[C@H](NC(=O)OC)c3cccs3)[nH]2)c1OCCOC. The highest BCUT2D eigenvalue weighted by Gasteiger charge is 2.38. The molecule has 0 saturated carbocycles. The highest BCUT2D eigenvalue weighted by atomic mass is 32.1. The molecule has 4 atom stereocenters. The number of hydrogen-bond acceptors (Lipinski definition) is 13. The molecule has 0 radical (unpaired) electrons. The van der Waals surface area contributed by atoms with Crippen LogP contribution in [0.25, 0.3) is 33.6 Å². The molecule has 2 aliphatic heterocycles. The molecule has 5 heterocycles. The number of nitrogens with one attached hydrogen (secondary N) is 4. The first-order valence-corrected chi connectivity index (χ1v) is 22.9. The molecule has 0 bridgehead atoms. The Kier molecular flexibility index (Phi) is 16.1. The fourth-order valence-electron chi connectivity index (χ4n) is 8.48. The van der Waals surface area contributed by atoms with Gasteiger partial charge in [-0.2, -0.15) is 0 Å². The Labute approximate surface area is 383 Å². The van der Waals surface area contributed by atoms with Crippen molar-refractivity contribution in [2.75, 3.05) is 74.5 Å². The Morgan fingerprint density at radius 3 is 2.00 bits per heavy atom. The van der Waals surface area contributed by atoms with Crippen LogP contribution in [-0.4, -0.2) is 128 Å². The van der Waals surface area contributed by atoms with Gasteiger partial charge in [0.25, 0.3) is 5.91 Å². The van der Waals surface area contributed by atoms with E-state index in [4.69, 9.17) is 38.4 Å². The minimum atomic E-state index is -0.890. The Hall–Kier alpha value is -5.95. The number of rotatable bonds is 20. The van der Waals surface area contributed by atoms with Crippen molar-refractivity contribution in [1.82, 2.24) is 40.4 Å². The zero-order valence-electron chi connectivity index (χ0n) is 37.9. The zero-order chi connectivity index (χ0) is 45.9. The van der Waals surface area contributed by atoms with Crippen LogP contribution in [0, 0.1) is 5.92 Å². The molecule has 2 saturated heterocycles. The lowest BCUT2D eigenvalue weighted by molar-refractivity contribution is -0.134. The fourth-order valence-corrected chi connectivity index (χ4v) is 9.24. The number of aromatic nitrogens is 4. The Balaban J connectivity index is 1.15. The average Bonchev–Trinajstić information content (AvgIpc) is 4.18. The summed E-state index contributed by atoms with van der Waals surface area (Å²) in [6, 6.07) is 14.7. The van der Waals surface area contributed by atoms with Crippen molar-refractivity contribution in [3.8, 4) is 45.1 Å². The minimum absolute atomic E-state index is 0.0559. The first-order chi connectivity index (χ1) is 31.6. The second-order valence-electron chi connectivity index (χ2n) is 16.4. The van der Waals surface area contributed by atoms with Gasteiger partial charge < -0.3 is 53.9 Å². The van der Waals surface area contributed by atoms with Gasteiger partial charge in [0, 0.05) is 49.4 Å². The molecule has 2 aromatic carbocycles. The van der Waals surface area contributed by atoms with E-state index >= 15 is 0 Å². The number of nitrogens with zero attached hydrogens (tertiary/aromatic N) is 4. The molecule has 18 heteroatoms. The number of aromatic amines is 2. The number of benzene rings is 2. The molecule has 65 heavy (non-hydrogen) atoms. The summed E-state index contributed by atoms with van der Waals surface area (Å²) in [4.78, 5) is 60.1. The molecular formula is C47H60N8O9S. The Bertz CT molecular complexity index is 2330. The van der Waals surface area contributed by atoms with E-state index in [2.05, 4.69) is 63.6 Å². The second-order valence-corrected chi connectivity index (χ2v) is 17.3. The summed E-state index contributed by atoms with van der Waals surface area (Å²) in [5.41, 5.74) is 5.02. The van der Waals surface area contributed by atoms with Crippen molar-refractivity contribution < 1.29 is 42.8 Å². The number of imidazole rings is 2. The molecule has 5 aromatic rings. The van der Waals surface area contributed by atoms with Gasteiger partial charge in [-0.25, -0.2) is 19.6 Å². The van der Waals surface area contributed by atoms with Crippen LogP contribution in [0.4, 0.5) is 9.59 Å². The van der Waals surface area contributed by atoms with Crippen molar-refractivity contribution in [2.24, 2.45) is 5.92 Å². The quantitative estimate of drug-likeness (QED) is 0.0562. The van der Waals surface area contributed by atoms with Gasteiger partial charge in [-0.3, -0.25) is 9.69 Å². The molecular weight excluding hydrogens is 853 g/mol. The maximum absolute atomic E-state index is 14.1. The number of carbonyl (C=O) groups excluding carboxylic acids is 3. The van der Waals surface area contributed by atoms with E-state index in [1.54, 1.807) is 25.3 Å². The first kappa shape index (κ1) is 47.0. The lowest BCUT2D eigenvalue weighted by Crippen LogP contribution is -2.46. The number of ether oxygens (including phenoxy) is 6. The third-order valence-electron chi connectivity index (χ3n) is 11.9. The summed E-state index contributed by atoms with van der Waals surface area (Å²) >= 11 is 1.39. The van der Waals surface area contributed by atoms with Crippen LogP contribution < -0.4 is 20.1 Å². The van der Waals surface area contributed by atoms with Crippen molar-refractivity contribution in [1.29, 1.82) is 0 Å². The molecule has 17 nitrogen and oxygen atoms in total. The Morgan fingerprint density at radius 2 is 1.34 bits per heavy atom. The van der Waals surface area contributed by atoms with E-state index in [1.807, 2.05) is 35.8 Å². The molecule has 4 N–H and O–H groups in total. The highest BCUT2D eigenvalue weighted by Crippen LogP contribution is 2.46. The van der Waals surface area contributed by atoms with E-state index in [9.17, 15) is 14.4 Å². The van der Waals surface area contributed by atoms with Crippen LogP contribution in [-0.2, 0) is 23.7 Å². The summed E-state index contributed by atoms with van der Waals surface area (Å²) in [7, 11) is 5.91. The summed E-state index contributed by atoms with van der Waals surface area (Å²) in [6.07, 6.45) is 6.00. The summed E-state index contributed by atoms with van der Waals surface area (Å²) in [5, 5.41) is 7.59. The summed E-state index contributed by atoms with van der Waals surface area (Å²) < 4.78 is 33.5. The first-order valence-electron chi connectivity index (χ1n) is 22.0. The smallest absolute Gasteiger partial charge is 0.407 e. The predicted octanol–water partition coefficient (Wildman–Crippen LogP) is 7.52. The van der Waals surface area contributed by atoms with Gasteiger partial charge in [-0.05, 0) is 72.9 Å².